The van der Waals surface area contributed by atoms with Gasteiger partial charge in [-0.25, -0.2) is 15.0 Å². The molecule has 10 heteroatoms. The number of nitrogens with zero attached hydrogens (tertiary/aromatic N) is 6. The van der Waals surface area contributed by atoms with Crippen LogP contribution in [0.25, 0.3) is 16.6 Å². The van der Waals surface area contributed by atoms with E-state index < -0.39 is 6.04 Å². The number of aliphatic imine (C=N–C) groups is 2. The predicted octanol–water partition coefficient (Wildman–Crippen LogP) is 3.50. The van der Waals surface area contributed by atoms with Crippen molar-refractivity contribution in [3.63, 3.8) is 0 Å². The lowest BCUT2D eigenvalue weighted by Crippen LogP contribution is -2.36. The zero-order valence-electron chi connectivity index (χ0n) is 21.2. The fraction of sp³-hybridized carbons (Fsp3) is 0.296. The maximum Gasteiger partial charge on any atom is 0.266 e. The van der Waals surface area contributed by atoms with E-state index in [2.05, 4.69) is 38.0 Å². The summed E-state index contributed by atoms with van der Waals surface area (Å²) in [6, 6.07) is 13.2. The van der Waals surface area contributed by atoms with Gasteiger partial charge in [-0.3, -0.25) is 14.4 Å². The number of nitrogens with one attached hydrogen (secondary N) is 2. The molecule has 1 aliphatic heterocycles. The summed E-state index contributed by atoms with van der Waals surface area (Å²) in [5, 5.41) is 3.61. The van der Waals surface area contributed by atoms with Gasteiger partial charge < -0.3 is 19.9 Å². The highest BCUT2D eigenvalue weighted by Gasteiger charge is 2.21. The Morgan fingerprint density at radius 1 is 1.19 bits per heavy atom. The number of ether oxygens (including phenoxy) is 1. The van der Waals surface area contributed by atoms with E-state index in [1.165, 1.54) is 0 Å². The molecular weight excluding hydrogens is 468 g/mol. The van der Waals surface area contributed by atoms with Crippen LogP contribution in [0.5, 0.6) is 0 Å². The fourth-order valence-electron chi connectivity index (χ4n) is 4.67. The summed E-state index contributed by atoms with van der Waals surface area (Å²) in [6.07, 6.45) is 1.57. The molecular formula is C27H30N8O2. The molecule has 0 amide bonds. The number of imidazole rings is 1. The summed E-state index contributed by atoms with van der Waals surface area (Å²) in [5.74, 6) is 1.49. The minimum Gasteiger partial charge on any atom is -0.378 e. The van der Waals surface area contributed by atoms with E-state index in [0.717, 1.165) is 30.0 Å². The van der Waals surface area contributed by atoms with Gasteiger partial charge in [0, 0.05) is 25.8 Å². The molecule has 4 aromatic rings. The van der Waals surface area contributed by atoms with Gasteiger partial charge in [-0.15, -0.1) is 0 Å². The molecule has 1 aliphatic rings. The number of benzene rings is 2. The molecule has 1 fully saturated rings. The third-order valence-electron chi connectivity index (χ3n) is 6.54. The van der Waals surface area contributed by atoms with Crippen molar-refractivity contribution >= 4 is 35.0 Å². The van der Waals surface area contributed by atoms with Gasteiger partial charge in [-0.05, 0) is 50.4 Å². The molecule has 2 aromatic heterocycles. The number of aromatic nitrogens is 4. The van der Waals surface area contributed by atoms with E-state index in [4.69, 9.17) is 14.7 Å². The van der Waals surface area contributed by atoms with E-state index in [1.54, 1.807) is 17.9 Å². The minimum absolute atomic E-state index is 0.134. The van der Waals surface area contributed by atoms with Gasteiger partial charge in [0.25, 0.3) is 5.56 Å². The van der Waals surface area contributed by atoms with Crippen molar-refractivity contribution in [1.82, 2.24) is 19.5 Å². The number of morpholine rings is 1. The monoisotopic (exact) mass is 498 g/mol. The predicted molar refractivity (Wildman–Crippen MR) is 148 cm³/mol. The zero-order valence-corrected chi connectivity index (χ0v) is 21.2. The van der Waals surface area contributed by atoms with Crippen molar-refractivity contribution in [1.29, 1.82) is 0 Å². The second-order valence-corrected chi connectivity index (χ2v) is 8.86. The summed E-state index contributed by atoms with van der Waals surface area (Å²) in [4.78, 5) is 37.5. The highest BCUT2D eigenvalue weighted by molar-refractivity contribution is 6.03. The second-order valence-electron chi connectivity index (χ2n) is 8.86. The number of aryl methyl sites for hydroxylation is 1. The van der Waals surface area contributed by atoms with Crippen LogP contribution >= 0.6 is 0 Å². The lowest BCUT2D eigenvalue weighted by Gasteiger charge is -2.29. The zero-order chi connectivity index (χ0) is 25.9. The van der Waals surface area contributed by atoms with E-state index >= 15 is 0 Å². The summed E-state index contributed by atoms with van der Waals surface area (Å²) >= 11 is 0. The van der Waals surface area contributed by atoms with Gasteiger partial charge >= 0.3 is 0 Å². The normalized spacial score (nSPS) is 15.1. The Kier molecular flexibility index (Phi) is 6.82. The fourth-order valence-corrected chi connectivity index (χ4v) is 4.67. The Morgan fingerprint density at radius 2 is 1.95 bits per heavy atom. The number of anilines is 2. The van der Waals surface area contributed by atoms with Crippen LogP contribution in [0.15, 0.2) is 63.6 Å². The Balaban J connectivity index is 1.69. The number of H-pyrrole nitrogens is 1. The van der Waals surface area contributed by atoms with Gasteiger partial charge in [0.15, 0.2) is 11.7 Å². The smallest absolute Gasteiger partial charge is 0.266 e. The van der Waals surface area contributed by atoms with Crippen LogP contribution in [0.2, 0.25) is 0 Å². The SMILES string of the molecule is C=NC(=NC(C)c1nc2cccc(C)c2c(=O)n1-c1cccc(N2CCOCC2)c1)c1[nH]cnc1NC. The van der Waals surface area contributed by atoms with Crippen molar-refractivity contribution in [3.8, 4) is 5.69 Å². The standard InChI is InChI=1S/C27H30N8O2/c1-17-7-5-10-21-22(17)27(36)35(20-9-6-8-19(15-20)34-11-13-37-14-12-34)26(33-21)18(2)32-25(29-4)23-24(28-3)31-16-30-23/h5-10,15-16,18,28H,4,11-14H2,1-3H3,(H,30,31). The molecule has 1 unspecified atom stereocenters. The lowest BCUT2D eigenvalue weighted by molar-refractivity contribution is 0.122. The third kappa shape index (κ3) is 4.63. The van der Waals surface area contributed by atoms with Crippen LogP contribution in [-0.4, -0.2) is 65.4 Å². The van der Waals surface area contributed by atoms with Gasteiger partial charge in [-0.1, -0.05) is 18.2 Å². The minimum atomic E-state index is -0.516. The van der Waals surface area contributed by atoms with Crippen molar-refractivity contribution in [2.45, 2.75) is 19.9 Å². The van der Waals surface area contributed by atoms with Gasteiger partial charge in [0.2, 0.25) is 0 Å². The van der Waals surface area contributed by atoms with Crippen LogP contribution in [0, 0.1) is 6.92 Å². The van der Waals surface area contributed by atoms with E-state index in [0.29, 0.717) is 47.3 Å². The molecule has 2 N–H and O–H groups in total. The molecule has 0 radical (unpaired) electrons. The summed E-state index contributed by atoms with van der Waals surface area (Å²) in [7, 11) is 1.77. The topological polar surface area (TPSA) is 113 Å². The first-order chi connectivity index (χ1) is 18.0. The first-order valence-electron chi connectivity index (χ1n) is 12.2. The van der Waals surface area contributed by atoms with E-state index in [1.807, 2.05) is 50.2 Å². The first-order valence-corrected chi connectivity index (χ1v) is 12.2. The maximum atomic E-state index is 14.0. The number of fused-ring (bicyclic) bond motifs is 1. The Labute approximate surface area is 214 Å². The Hall–Kier alpha value is -4.31. The van der Waals surface area contributed by atoms with Crippen LogP contribution in [0.3, 0.4) is 0 Å². The van der Waals surface area contributed by atoms with Crippen LogP contribution in [0.4, 0.5) is 11.5 Å². The number of rotatable bonds is 6. The van der Waals surface area contributed by atoms with Crippen LogP contribution < -0.4 is 15.8 Å². The van der Waals surface area contributed by atoms with Crippen molar-refractivity contribution in [2.75, 3.05) is 43.6 Å². The molecule has 3 heterocycles. The summed E-state index contributed by atoms with van der Waals surface area (Å²) < 4.78 is 7.18. The molecule has 0 bridgehead atoms. The largest absolute Gasteiger partial charge is 0.378 e. The van der Waals surface area contributed by atoms with Gasteiger partial charge in [-0.2, -0.15) is 0 Å². The highest BCUT2D eigenvalue weighted by Crippen LogP contribution is 2.26. The van der Waals surface area contributed by atoms with Crippen molar-refractivity contribution < 1.29 is 4.74 Å². The number of hydrogen-bond acceptors (Lipinski definition) is 7. The average Bonchev–Trinajstić information content (AvgIpc) is 3.41. The molecule has 1 saturated heterocycles. The number of aromatic amines is 1. The molecule has 0 aliphatic carbocycles. The molecule has 10 nitrogen and oxygen atoms in total. The average molecular weight is 499 g/mol. The quantitative estimate of drug-likeness (QED) is 0.311. The first kappa shape index (κ1) is 24.4. The number of hydrogen-bond donors (Lipinski definition) is 2. The second kappa shape index (κ2) is 10.4. The molecule has 190 valence electrons. The molecule has 0 spiro atoms. The Bertz CT molecular complexity index is 1530. The third-order valence-corrected chi connectivity index (χ3v) is 6.54. The molecule has 37 heavy (non-hydrogen) atoms. The molecule has 0 saturated carbocycles. The maximum absolute atomic E-state index is 14.0. The summed E-state index contributed by atoms with van der Waals surface area (Å²) in [6.45, 7) is 10.5. The Morgan fingerprint density at radius 3 is 2.70 bits per heavy atom. The molecule has 5 rings (SSSR count). The summed E-state index contributed by atoms with van der Waals surface area (Å²) in [5.41, 5.74) is 3.75. The molecule has 1 atom stereocenters. The van der Waals surface area contributed by atoms with Gasteiger partial charge in [0.05, 0.1) is 36.1 Å². The van der Waals surface area contributed by atoms with Crippen molar-refractivity contribution in [2.24, 2.45) is 9.98 Å². The number of amidine groups is 1. The van der Waals surface area contributed by atoms with E-state index in [9.17, 15) is 4.79 Å². The van der Waals surface area contributed by atoms with Crippen LogP contribution in [0.1, 0.15) is 30.0 Å². The van der Waals surface area contributed by atoms with Crippen molar-refractivity contribution in [3.05, 3.63) is 76.2 Å². The van der Waals surface area contributed by atoms with Crippen LogP contribution in [-0.2, 0) is 4.74 Å². The van der Waals surface area contributed by atoms with E-state index in [-0.39, 0.29) is 5.56 Å². The van der Waals surface area contributed by atoms with Gasteiger partial charge in [0.1, 0.15) is 17.6 Å². The highest BCUT2D eigenvalue weighted by atomic mass is 16.5. The lowest BCUT2D eigenvalue weighted by atomic mass is 10.1. The molecule has 2 aromatic carbocycles.